The lowest BCUT2D eigenvalue weighted by atomic mass is 9.72. The lowest BCUT2D eigenvalue weighted by Crippen LogP contribution is -2.59. The number of benzene rings is 3. The largest absolute Gasteiger partial charge is 0.507 e. The van der Waals surface area contributed by atoms with E-state index < -0.39 is 0 Å². The van der Waals surface area contributed by atoms with Gasteiger partial charge in [0, 0.05) is 74.1 Å². The van der Waals surface area contributed by atoms with Gasteiger partial charge in [0.05, 0.1) is 17.6 Å². The second kappa shape index (κ2) is 16.5. The summed E-state index contributed by atoms with van der Waals surface area (Å²) in [6.45, 7) is 8.28. The predicted molar refractivity (Wildman–Crippen MR) is 215 cm³/mol. The molecule has 5 heterocycles. The fraction of sp³-hybridized carbons (Fsp3) is 0.489. The molecule has 1 amide bonds. The van der Waals surface area contributed by atoms with Crippen molar-refractivity contribution in [3.05, 3.63) is 103 Å². The van der Waals surface area contributed by atoms with Crippen molar-refractivity contribution in [3.8, 4) is 17.0 Å². The summed E-state index contributed by atoms with van der Waals surface area (Å²) in [5.41, 5.74) is 4.88. The first kappa shape index (κ1) is 36.5. The Kier molecular flexibility index (Phi) is 11.1. The first-order valence-electron chi connectivity index (χ1n) is 20.3. The third-order valence-corrected chi connectivity index (χ3v) is 13.3. The maximum absolute atomic E-state index is 14.2. The van der Waals surface area contributed by atoms with Crippen LogP contribution in [0.3, 0.4) is 0 Å². The molecule has 4 fully saturated rings. The van der Waals surface area contributed by atoms with Gasteiger partial charge in [-0.25, -0.2) is 0 Å². The maximum atomic E-state index is 14.2. The van der Waals surface area contributed by atoms with Gasteiger partial charge in [-0.3, -0.25) is 9.69 Å². The molecule has 4 aliphatic rings. The number of hydrogen-bond donors (Lipinski definition) is 2. The Morgan fingerprint density at radius 1 is 0.796 bits per heavy atom. The molecular weight excluding hydrogens is 673 g/mol. The predicted octanol–water partition coefficient (Wildman–Crippen LogP) is 7.07. The molecule has 9 nitrogen and oxygen atoms in total. The van der Waals surface area contributed by atoms with E-state index in [0.29, 0.717) is 17.8 Å². The fourth-order valence-electron chi connectivity index (χ4n) is 9.84. The van der Waals surface area contributed by atoms with E-state index >= 15 is 0 Å². The number of ether oxygens (including phenoxy) is 1. The Balaban J connectivity index is 0.891. The minimum Gasteiger partial charge on any atom is -0.507 e. The van der Waals surface area contributed by atoms with Crippen molar-refractivity contribution in [1.82, 2.24) is 20.4 Å². The molecule has 0 bridgehead atoms. The summed E-state index contributed by atoms with van der Waals surface area (Å²) in [5.74, 6) is 1.21. The van der Waals surface area contributed by atoms with E-state index in [1.807, 2.05) is 30.5 Å². The van der Waals surface area contributed by atoms with E-state index in [1.54, 1.807) is 6.07 Å². The Morgan fingerprint density at radius 3 is 2.22 bits per heavy atom. The van der Waals surface area contributed by atoms with Gasteiger partial charge in [-0.2, -0.15) is 10.2 Å². The smallest absolute Gasteiger partial charge is 0.223 e. The zero-order valence-electron chi connectivity index (χ0n) is 31.6. The highest BCUT2D eigenvalue weighted by atomic mass is 16.5. The van der Waals surface area contributed by atoms with Crippen LogP contribution in [-0.2, 0) is 14.9 Å². The zero-order chi connectivity index (χ0) is 36.8. The monoisotopic (exact) mass is 728 g/mol. The van der Waals surface area contributed by atoms with Crippen molar-refractivity contribution in [3.63, 3.8) is 0 Å². The number of para-hydroxylation sites is 2. The summed E-state index contributed by atoms with van der Waals surface area (Å²) >= 11 is 0. The summed E-state index contributed by atoms with van der Waals surface area (Å²) in [7, 11) is 0. The molecule has 9 heteroatoms. The van der Waals surface area contributed by atoms with Crippen molar-refractivity contribution in [2.45, 2.75) is 68.7 Å². The first-order chi connectivity index (χ1) is 26.5. The number of phenols is 1. The van der Waals surface area contributed by atoms with E-state index in [2.05, 4.69) is 90.9 Å². The highest BCUT2D eigenvalue weighted by Gasteiger charge is 2.46. The van der Waals surface area contributed by atoms with Gasteiger partial charge in [-0.05, 0) is 113 Å². The number of carbonyl (C=O) groups excluding carboxylic acids is 1. The van der Waals surface area contributed by atoms with Crippen molar-refractivity contribution in [2.24, 2.45) is 11.8 Å². The molecule has 8 rings (SSSR count). The lowest BCUT2D eigenvalue weighted by molar-refractivity contribution is -0.132. The number of nitrogens with zero attached hydrogens (tertiary/aromatic N) is 5. The lowest BCUT2D eigenvalue weighted by Gasteiger charge is -2.52. The van der Waals surface area contributed by atoms with Crippen LogP contribution in [0.5, 0.6) is 5.75 Å². The van der Waals surface area contributed by atoms with Crippen LogP contribution in [-0.4, -0.2) is 90.7 Å². The first-order valence-corrected chi connectivity index (χ1v) is 20.3. The molecule has 1 atom stereocenters. The second-order valence-corrected chi connectivity index (χ2v) is 16.2. The number of amides is 1. The van der Waals surface area contributed by atoms with E-state index in [0.717, 1.165) is 103 Å². The molecule has 0 radical (unpaired) electrons. The molecule has 0 aliphatic carbocycles. The van der Waals surface area contributed by atoms with Crippen molar-refractivity contribution in [2.75, 3.05) is 68.8 Å². The molecule has 284 valence electrons. The molecule has 0 saturated carbocycles. The van der Waals surface area contributed by atoms with E-state index in [9.17, 15) is 9.90 Å². The van der Waals surface area contributed by atoms with Gasteiger partial charge in [-0.15, -0.1) is 0 Å². The summed E-state index contributed by atoms with van der Waals surface area (Å²) in [6, 6.07) is 30.9. The third-order valence-electron chi connectivity index (χ3n) is 13.3. The van der Waals surface area contributed by atoms with E-state index in [1.165, 1.54) is 30.5 Å². The molecule has 4 aliphatic heterocycles. The second-order valence-electron chi connectivity index (χ2n) is 16.2. The standard InChI is InChI=1S/C45H56N6O3/c52-42-14-8-7-13-40(42)41-31-39(33-47-48-41)50-27-19-44(20-28-50,37-9-3-1-4-10-37)34-46-43(53)36-18-26-51(45(32-36)21-29-54-30-22-45)25-17-35-15-23-49(24-16-35)38-11-5-2-6-12-38/h1-14,31,33,35-36,52H,15-30,32,34H2,(H,46,53). The summed E-state index contributed by atoms with van der Waals surface area (Å²) in [4.78, 5) is 21.8. The third kappa shape index (κ3) is 7.98. The van der Waals surface area contributed by atoms with Crippen LogP contribution < -0.4 is 15.1 Å². The number of anilines is 2. The number of hydrogen-bond acceptors (Lipinski definition) is 8. The van der Waals surface area contributed by atoms with Gasteiger partial charge in [0.15, 0.2) is 0 Å². The Bertz CT molecular complexity index is 1820. The summed E-state index contributed by atoms with van der Waals surface area (Å²) < 4.78 is 5.90. The zero-order valence-corrected chi connectivity index (χ0v) is 31.6. The van der Waals surface area contributed by atoms with Crippen LogP contribution in [0.2, 0.25) is 0 Å². The molecule has 4 aromatic rings. The number of aromatic nitrogens is 2. The van der Waals surface area contributed by atoms with Gasteiger partial charge in [0.2, 0.25) is 5.91 Å². The summed E-state index contributed by atoms with van der Waals surface area (Å²) in [6.07, 6.45) is 11.3. The molecule has 3 aromatic carbocycles. The van der Waals surface area contributed by atoms with Crippen LogP contribution >= 0.6 is 0 Å². The maximum Gasteiger partial charge on any atom is 0.223 e. The number of carbonyl (C=O) groups is 1. The van der Waals surface area contributed by atoms with Gasteiger partial charge in [-0.1, -0.05) is 60.7 Å². The molecule has 2 N–H and O–H groups in total. The number of aromatic hydroxyl groups is 1. The van der Waals surface area contributed by atoms with Crippen LogP contribution in [0.15, 0.2) is 97.2 Å². The van der Waals surface area contributed by atoms with Crippen molar-refractivity contribution in [1.29, 1.82) is 0 Å². The normalized spacial score (nSPS) is 21.9. The van der Waals surface area contributed by atoms with Gasteiger partial charge < -0.3 is 25.0 Å². The van der Waals surface area contributed by atoms with Crippen LogP contribution in [0.25, 0.3) is 11.3 Å². The molecular formula is C45H56N6O3. The Labute approximate surface area is 320 Å². The molecule has 54 heavy (non-hydrogen) atoms. The minimum absolute atomic E-state index is 0.0251. The van der Waals surface area contributed by atoms with Gasteiger partial charge >= 0.3 is 0 Å². The summed E-state index contributed by atoms with van der Waals surface area (Å²) in [5, 5.41) is 22.6. The quantitative estimate of drug-likeness (QED) is 0.179. The minimum atomic E-state index is -0.151. The molecule has 1 aromatic heterocycles. The van der Waals surface area contributed by atoms with E-state index in [4.69, 9.17) is 4.74 Å². The van der Waals surface area contributed by atoms with E-state index in [-0.39, 0.29) is 28.5 Å². The van der Waals surface area contributed by atoms with Crippen molar-refractivity contribution < 1.29 is 14.6 Å². The highest BCUT2D eigenvalue weighted by molar-refractivity contribution is 5.79. The molecule has 1 spiro atoms. The molecule has 4 saturated heterocycles. The Hall–Kier alpha value is -4.47. The van der Waals surface area contributed by atoms with Gasteiger partial charge in [0.25, 0.3) is 0 Å². The Morgan fingerprint density at radius 2 is 1.48 bits per heavy atom. The number of likely N-dealkylation sites (tertiary alicyclic amines) is 1. The number of nitrogens with one attached hydrogen (secondary N) is 1. The fourth-order valence-corrected chi connectivity index (χ4v) is 9.84. The van der Waals surface area contributed by atoms with Crippen LogP contribution in [0.1, 0.15) is 63.4 Å². The van der Waals surface area contributed by atoms with Crippen molar-refractivity contribution >= 4 is 17.3 Å². The van der Waals surface area contributed by atoms with Crippen LogP contribution in [0, 0.1) is 11.8 Å². The highest BCUT2D eigenvalue weighted by Crippen LogP contribution is 2.42. The molecule has 1 unspecified atom stereocenters. The number of rotatable bonds is 10. The van der Waals surface area contributed by atoms with Gasteiger partial charge in [0.1, 0.15) is 5.75 Å². The van der Waals surface area contributed by atoms with Crippen LogP contribution in [0.4, 0.5) is 11.4 Å². The average molecular weight is 729 g/mol. The average Bonchev–Trinajstić information content (AvgIpc) is 3.24. The SMILES string of the molecule is O=C(NCC1(c2ccccc2)CCN(c2cnnc(-c3ccccc3O)c2)CC1)C1CCN(CCC2CCN(c3ccccc3)CC2)C2(CCOCC2)C1. The number of phenolic OH excluding ortho intramolecular Hbond substituents is 1. The number of piperidine rings is 3. The topological polar surface area (TPSA) is 94.1 Å².